The predicted molar refractivity (Wildman–Crippen MR) is 77.2 cm³/mol. The van der Waals surface area contributed by atoms with Gasteiger partial charge in [0, 0.05) is 11.6 Å². The average Bonchev–Trinajstić information content (AvgIpc) is 2.45. The van der Waals surface area contributed by atoms with Crippen LogP contribution in [-0.4, -0.2) is 30.4 Å². The van der Waals surface area contributed by atoms with Crippen molar-refractivity contribution in [3.05, 3.63) is 35.4 Å². The lowest BCUT2D eigenvalue weighted by molar-refractivity contribution is -0.147. The fourth-order valence-corrected chi connectivity index (χ4v) is 1.91. The van der Waals surface area contributed by atoms with Crippen LogP contribution in [0.1, 0.15) is 30.6 Å². The van der Waals surface area contributed by atoms with E-state index in [9.17, 15) is 23.2 Å². The maximum atomic E-state index is 13.1. The second-order valence-corrected chi connectivity index (χ2v) is 4.98. The minimum absolute atomic E-state index is 0.0856. The van der Waals surface area contributed by atoms with Crippen molar-refractivity contribution >= 4 is 17.8 Å². The summed E-state index contributed by atoms with van der Waals surface area (Å²) in [6, 6.07) is 1.09. The SMILES string of the molecule is CCOC(=O)[C@H](C)C[C@@H](NC(=O)c1cc(F)cc(F)c1)C(N)=O. The lowest BCUT2D eigenvalue weighted by atomic mass is 10.0. The Morgan fingerprint density at radius 3 is 2.26 bits per heavy atom. The van der Waals surface area contributed by atoms with E-state index in [-0.39, 0.29) is 18.6 Å². The molecule has 0 saturated carbocycles. The summed E-state index contributed by atoms with van der Waals surface area (Å²) in [5, 5.41) is 2.26. The van der Waals surface area contributed by atoms with E-state index in [1.165, 1.54) is 6.92 Å². The molecule has 0 fully saturated rings. The second kappa shape index (κ2) is 8.21. The number of hydrogen-bond acceptors (Lipinski definition) is 4. The first kappa shape index (κ1) is 18.5. The molecule has 0 saturated heterocycles. The Labute approximate surface area is 132 Å². The monoisotopic (exact) mass is 328 g/mol. The van der Waals surface area contributed by atoms with Gasteiger partial charge in [-0.05, 0) is 25.5 Å². The van der Waals surface area contributed by atoms with Crippen molar-refractivity contribution in [3.8, 4) is 0 Å². The Kier molecular flexibility index (Phi) is 6.62. The molecule has 0 radical (unpaired) electrons. The van der Waals surface area contributed by atoms with E-state index < -0.39 is 41.4 Å². The molecule has 1 rings (SSSR count). The van der Waals surface area contributed by atoms with Gasteiger partial charge in [0.25, 0.3) is 5.91 Å². The molecular weight excluding hydrogens is 310 g/mol. The summed E-state index contributed by atoms with van der Waals surface area (Å²) >= 11 is 0. The number of rotatable bonds is 7. The van der Waals surface area contributed by atoms with Crippen molar-refractivity contribution in [1.29, 1.82) is 0 Å². The van der Waals surface area contributed by atoms with E-state index in [0.717, 1.165) is 12.1 Å². The normalized spacial score (nSPS) is 13.0. The summed E-state index contributed by atoms with van der Waals surface area (Å²) in [5.74, 6) is -4.81. The van der Waals surface area contributed by atoms with Crippen molar-refractivity contribution in [2.45, 2.75) is 26.3 Å². The number of hydrogen-bond donors (Lipinski definition) is 2. The number of nitrogens with one attached hydrogen (secondary N) is 1. The lowest BCUT2D eigenvalue weighted by Crippen LogP contribution is -2.46. The van der Waals surface area contributed by atoms with E-state index >= 15 is 0 Å². The van der Waals surface area contributed by atoms with Crippen LogP contribution in [0.15, 0.2) is 18.2 Å². The number of primary amides is 1. The molecule has 0 aliphatic carbocycles. The van der Waals surface area contributed by atoms with Crippen LogP contribution in [0.25, 0.3) is 0 Å². The molecule has 3 N–H and O–H groups in total. The van der Waals surface area contributed by atoms with Crippen LogP contribution in [0.2, 0.25) is 0 Å². The van der Waals surface area contributed by atoms with E-state index in [1.54, 1.807) is 6.92 Å². The van der Waals surface area contributed by atoms with Crippen molar-refractivity contribution in [3.63, 3.8) is 0 Å². The molecule has 8 heteroatoms. The van der Waals surface area contributed by atoms with Crippen LogP contribution in [0, 0.1) is 17.6 Å². The summed E-state index contributed by atoms with van der Waals surface area (Å²) in [7, 11) is 0. The van der Waals surface area contributed by atoms with Crippen molar-refractivity contribution in [1.82, 2.24) is 5.32 Å². The molecule has 0 bridgehead atoms. The Balaban J connectivity index is 2.81. The van der Waals surface area contributed by atoms with Crippen LogP contribution in [0.4, 0.5) is 8.78 Å². The highest BCUT2D eigenvalue weighted by Crippen LogP contribution is 2.11. The summed E-state index contributed by atoms with van der Waals surface area (Å²) < 4.78 is 31.0. The fraction of sp³-hybridized carbons (Fsp3) is 0.400. The molecule has 1 aromatic rings. The zero-order chi connectivity index (χ0) is 17.6. The van der Waals surface area contributed by atoms with Gasteiger partial charge in [-0.1, -0.05) is 6.92 Å². The lowest BCUT2D eigenvalue weighted by Gasteiger charge is -2.19. The quantitative estimate of drug-likeness (QED) is 0.733. The summed E-state index contributed by atoms with van der Waals surface area (Å²) in [4.78, 5) is 35.0. The van der Waals surface area contributed by atoms with Gasteiger partial charge in [0.05, 0.1) is 12.5 Å². The molecule has 1 aromatic carbocycles. The minimum Gasteiger partial charge on any atom is -0.466 e. The third-order valence-corrected chi connectivity index (χ3v) is 3.05. The Morgan fingerprint density at radius 1 is 1.22 bits per heavy atom. The molecule has 2 atom stereocenters. The third kappa shape index (κ3) is 5.65. The number of carbonyl (C=O) groups excluding carboxylic acids is 3. The molecule has 6 nitrogen and oxygen atoms in total. The van der Waals surface area contributed by atoms with E-state index in [2.05, 4.69) is 5.32 Å². The number of benzene rings is 1. The van der Waals surface area contributed by atoms with Gasteiger partial charge in [0.2, 0.25) is 5.91 Å². The number of esters is 1. The molecule has 0 unspecified atom stereocenters. The van der Waals surface area contributed by atoms with Crippen LogP contribution >= 0.6 is 0 Å². The van der Waals surface area contributed by atoms with Crippen LogP contribution in [-0.2, 0) is 14.3 Å². The molecule has 0 spiro atoms. The molecule has 2 amide bonds. The standard InChI is InChI=1S/C15H18F2N2O4/c1-3-23-15(22)8(2)4-12(13(18)20)19-14(21)9-5-10(16)7-11(17)6-9/h5-8,12H,3-4H2,1-2H3,(H2,18,20)(H,19,21)/t8-,12-/m1/s1. The maximum Gasteiger partial charge on any atom is 0.308 e. The van der Waals surface area contributed by atoms with Crippen molar-refractivity contribution < 1.29 is 27.9 Å². The van der Waals surface area contributed by atoms with Crippen LogP contribution < -0.4 is 11.1 Å². The van der Waals surface area contributed by atoms with E-state index in [1.807, 2.05) is 0 Å². The summed E-state index contributed by atoms with van der Waals surface area (Å²) in [6.07, 6.45) is -0.0856. The molecule has 0 aliphatic heterocycles. The first-order valence-corrected chi connectivity index (χ1v) is 6.97. The highest BCUT2D eigenvalue weighted by atomic mass is 19.1. The molecular formula is C15H18F2N2O4. The molecule has 0 aromatic heterocycles. The molecule has 126 valence electrons. The first-order chi connectivity index (χ1) is 10.7. The van der Waals surface area contributed by atoms with E-state index in [4.69, 9.17) is 10.5 Å². The van der Waals surface area contributed by atoms with Gasteiger partial charge in [0.1, 0.15) is 17.7 Å². The third-order valence-electron chi connectivity index (χ3n) is 3.05. The number of nitrogens with two attached hydrogens (primary N) is 1. The Morgan fingerprint density at radius 2 is 1.78 bits per heavy atom. The first-order valence-electron chi connectivity index (χ1n) is 6.97. The largest absolute Gasteiger partial charge is 0.466 e. The van der Waals surface area contributed by atoms with Gasteiger partial charge in [-0.15, -0.1) is 0 Å². The van der Waals surface area contributed by atoms with Crippen molar-refractivity contribution in [2.24, 2.45) is 11.7 Å². The summed E-state index contributed by atoms with van der Waals surface area (Å²) in [6.45, 7) is 3.33. The van der Waals surface area contributed by atoms with Gasteiger partial charge in [0.15, 0.2) is 0 Å². The average molecular weight is 328 g/mol. The zero-order valence-electron chi connectivity index (χ0n) is 12.8. The molecule has 23 heavy (non-hydrogen) atoms. The highest BCUT2D eigenvalue weighted by molar-refractivity contribution is 5.97. The topological polar surface area (TPSA) is 98.5 Å². The maximum absolute atomic E-state index is 13.1. The number of amides is 2. The number of carbonyl (C=O) groups is 3. The number of halogens is 2. The second-order valence-electron chi connectivity index (χ2n) is 4.98. The van der Waals surface area contributed by atoms with Gasteiger partial charge >= 0.3 is 5.97 Å². The van der Waals surface area contributed by atoms with Gasteiger partial charge < -0.3 is 15.8 Å². The molecule has 0 aliphatic rings. The van der Waals surface area contributed by atoms with Gasteiger partial charge in [-0.25, -0.2) is 8.78 Å². The smallest absolute Gasteiger partial charge is 0.308 e. The highest BCUT2D eigenvalue weighted by Gasteiger charge is 2.25. The number of ether oxygens (including phenoxy) is 1. The van der Waals surface area contributed by atoms with Gasteiger partial charge in [-0.3, -0.25) is 14.4 Å². The van der Waals surface area contributed by atoms with E-state index in [0.29, 0.717) is 6.07 Å². The zero-order valence-corrected chi connectivity index (χ0v) is 12.8. The van der Waals surface area contributed by atoms with Crippen LogP contribution in [0.5, 0.6) is 0 Å². The fourth-order valence-electron chi connectivity index (χ4n) is 1.91. The Hall–Kier alpha value is -2.51. The van der Waals surface area contributed by atoms with Gasteiger partial charge in [-0.2, -0.15) is 0 Å². The Bertz CT molecular complexity index is 587. The summed E-state index contributed by atoms with van der Waals surface area (Å²) in [5.41, 5.74) is 4.90. The van der Waals surface area contributed by atoms with Crippen molar-refractivity contribution in [2.75, 3.05) is 6.61 Å². The van der Waals surface area contributed by atoms with Crippen LogP contribution in [0.3, 0.4) is 0 Å². The molecule has 0 heterocycles. The predicted octanol–water partition coefficient (Wildman–Crippen LogP) is 1.14. The minimum atomic E-state index is -1.17.